The lowest BCUT2D eigenvalue weighted by atomic mass is 10.1. The predicted octanol–water partition coefficient (Wildman–Crippen LogP) is 5.06. The van der Waals surface area contributed by atoms with E-state index in [0.29, 0.717) is 22.8 Å². The molecule has 3 aromatic carbocycles. The molecule has 32 heavy (non-hydrogen) atoms. The maximum Gasteiger partial charge on any atom is 0.269 e. The van der Waals surface area contributed by atoms with Gasteiger partial charge in [0.1, 0.15) is 16.7 Å². The van der Waals surface area contributed by atoms with Crippen molar-refractivity contribution in [2.45, 2.75) is 18.6 Å². The highest BCUT2D eigenvalue weighted by molar-refractivity contribution is 8.05. The van der Waals surface area contributed by atoms with Gasteiger partial charge in [-0.15, -0.1) is 0 Å². The Hall–Kier alpha value is -3.82. The van der Waals surface area contributed by atoms with Crippen molar-refractivity contribution in [2.24, 2.45) is 0 Å². The Morgan fingerprint density at radius 3 is 2.25 bits per heavy atom. The first-order chi connectivity index (χ1) is 15.6. The summed E-state index contributed by atoms with van der Waals surface area (Å²) in [6.07, 6.45) is 0.509. The second-order valence-corrected chi connectivity index (χ2v) is 8.61. The van der Waals surface area contributed by atoms with Gasteiger partial charge in [-0.05, 0) is 43.2 Å². The summed E-state index contributed by atoms with van der Waals surface area (Å²) in [7, 11) is 0. The molecule has 1 N–H and O–H groups in total. The number of thioether (sulfide) groups is 1. The first-order valence-corrected chi connectivity index (χ1v) is 11.1. The lowest BCUT2D eigenvalue weighted by Gasteiger charge is -2.18. The van der Waals surface area contributed by atoms with Crippen LogP contribution in [0.1, 0.15) is 11.1 Å². The summed E-state index contributed by atoms with van der Waals surface area (Å²) in [5.74, 6) is -0.677. The number of aryl methyl sites for hydroxylation is 1. The highest BCUT2D eigenvalue weighted by atomic mass is 32.2. The summed E-state index contributed by atoms with van der Waals surface area (Å²) in [5, 5.41) is 12.6. The van der Waals surface area contributed by atoms with E-state index in [1.54, 1.807) is 24.3 Å². The molecule has 0 aliphatic carbocycles. The zero-order valence-electron chi connectivity index (χ0n) is 17.5. The van der Waals surface area contributed by atoms with Crippen molar-refractivity contribution in [2.75, 3.05) is 10.2 Å². The topological polar surface area (TPSA) is 73.2 Å². The molecular formula is C26H21N3O2S. The van der Waals surface area contributed by atoms with Crippen molar-refractivity contribution in [1.82, 2.24) is 0 Å². The molecule has 0 bridgehead atoms. The third kappa shape index (κ3) is 4.58. The molecule has 1 fully saturated rings. The van der Waals surface area contributed by atoms with Gasteiger partial charge in [0.15, 0.2) is 0 Å². The van der Waals surface area contributed by atoms with Crippen LogP contribution in [0.4, 0.5) is 11.4 Å². The quantitative estimate of drug-likeness (QED) is 0.445. The lowest BCUT2D eigenvalue weighted by Crippen LogP contribution is -2.30. The number of nitrogens with zero attached hydrogens (tertiary/aromatic N) is 2. The van der Waals surface area contributed by atoms with Gasteiger partial charge >= 0.3 is 0 Å². The molecule has 0 spiro atoms. The van der Waals surface area contributed by atoms with Gasteiger partial charge in [-0.2, -0.15) is 5.26 Å². The van der Waals surface area contributed by atoms with Gasteiger partial charge < -0.3 is 5.32 Å². The number of para-hydroxylation sites is 1. The number of nitrogens with one attached hydrogen (secondary N) is 1. The number of hydrogen-bond acceptors (Lipinski definition) is 4. The molecular weight excluding hydrogens is 418 g/mol. The zero-order valence-corrected chi connectivity index (χ0v) is 18.3. The monoisotopic (exact) mass is 439 g/mol. The van der Waals surface area contributed by atoms with E-state index in [9.17, 15) is 14.9 Å². The minimum Gasteiger partial charge on any atom is -0.321 e. The van der Waals surface area contributed by atoms with Crippen molar-refractivity contribution >= 4 is 35.0 Å². The Balaban J connectivity index is 1.70. The third-order valence-corrected chi connectivity index (χ3v) is 6.36. The average molecular weight is 440 g/mol. The lowest BCUT2D eigenvalue weighted by molar-refractivity contribution is -0.117. The molecule has 1 aliphatic heterocycles. The molecule has 1 saturated heterocycles. The minimum atomic E-state index is -0.534. The van der Waals surface area contributed by atoms with Gasteiger partial charge in [-0.3, -0.25) is 14.5 Å². The van der Waals surface area contributed by atoms with Crippen LogP contribution in [0.15, 0.2) is 95.5 Å². The fraction of sp³-hybridized carbons (Fsp3) is 0.115. The Morgan fingerprint density at radius 1 is 1.00 bits per heavy atom. The van der Waals surface area contributed by atoms with E-state index in [-0.39, 0.29) is 11.5 Å². The van der Waals surface area contributed by atoms with Crippen LogP contribution in [0.3, 0.4) is 0 Å². The minimum absolute atomic E-state index is 0.0802. The zero-order chi connectivity index (χ0) is 22.5. The van der Waals surface area contributed by atoms with Crippen LogP contribution in [-0.2, 0) is 16.0 Å². The Kier molecular flexibility index (Phi) is 6.39. The van der Waals surface area contributed by atoms with Crippen LogP contribution in [-0.4, -0.2) is 17.1 Å². The molecule has 0 aromatic heterocycles. The third-order valence-electron chi connectivity index (χ3n) is 5.09. The molecule has 4 rings (SSSR count). The van der Waals surface area contributed by atoms with Gasteiger partial charge in [0, 0.05) is 11.4 Å². The summed E-state index contributed by atoms with van der Waals surface area (Å²) >= 11 is 1.26. The molecule has 1 aliphatic rings. The Morgan fingerprint density at radius 2 is 1.62 bits per heavy atom. The van der Waals surface area contributed by atoms with E-state index in [1.807, 2.05) is 73.7 Å². The van der Waals surface area contributed by atoms with E-state index in [2.05, 4.69) is 5.32 Å². The molecule has 0 saturated carbocycles. The highest BCUT2D eigenvalue weighted by Crippen LogP contribution is 2.42. The normalized spacial score (nSPS) is 17.1. The number of anilines is 2. The summed E-state index contributed by atoms with van der Waals surface area (Å²) in [5.41, 5.74) is 3.23. The molecule has 6 heteroatoms. The van der Waals surface area contributed by atoms with Crippen molar-refractivity contribution < 1.29 is 9.59 Å². The second-order valence-electron chi connectivity index (χ2n) is 7.42. The van der Waals surface area contributed by atoms with Gasteiger partial charge in [0.2, 0.25) is 5.91 Å². The van der Waals surface area contributed by atoms with Gasteiger partial charge in [0.05, 0.1) is 5.25 Å². The van der Waals surface area contributed by atoms with Gasteiger partial charge in [-0.25, -0.2) is 0 Å². The number of carbonyl (C=O) groups is 2. The molecule has 5 nitrogen and oxygen atoms in total. The average Bonchev–Trinajstić information content (AvgIpc) is 3.12. The first-order valence-electron chi connectivity index (χ1n) is 10.2. The molecule has 1 heterocycles. The molecule has 3 aromatic rings. The van der Waals surface area contributed by atoms with E-state index in [0.717, 1.165) is 11.1 Å². The Bertz CT molecular complexity index is 1200. The number of hydrogen-bond donors (Lipinski definition) is 1. The van der Waals surface area contributed by atoms with Crippen molar-refractivity contribution in [1.29, 1.82) is 5.26 Å². The molecule has 1 atom stereocenters. The summed E-state index contributed by atoms with van der Waals surface area (Å²) in [4.78, 5) is 27.9. The van der Waals surface area contributed by atoms with Crippen LogP contribution in [0.2, 0.25) is 0 Å². The summed E-state index contributed by atoms with van der Waals surface area (Å²) in [6, 6.07) is 28.2. The number of amides is 2. The summed E-state index contributed by atoms with van der Waals surface area (Å²) < 4.78 is 0. The SMILES string of the molecule is Cc1ccc(NC(=O)/C(C#N)=C2\S[C@@H](Cc3ccccc3)C(=O)N2c2ccccc2)cc1. The van der Waals surface area contributed by atoms with Gasteiger partial charge in [0.25, 0.3) is 5.91 Å². The predicted molar refractivity (Wildman–Crippen MR) is 128 cm³/mol. The first kappa shape index (κ1) is 21.4. The summed E-state index contributed by atoms with van der Waals surface area (Å²) in [6.45, 7) is 1.96. The standard InChI is InChI=1S/C26H21N3O2S/c1-18-12-14-20(15-13-18)28-24(30)22(17-27)26-29(21-10-6-3-7-11-21)25(31)23(32-26)16-19-8-4-2-5-9-19/h2-15,23H,16H2,1H3,(H,28,30)/b26-22-/t23-/m0/s1. The van der Waals surface area contributed by atoms with Crippen molar-refractivity contribution in [3.8, 4) is 6.07 Å². The smallest absolute Gasteiger partial charge is 0.269 e. The highest BCUT2D eigenvalue weighted by Gasteiger charge is 2.40. The fourth-order valence-corrected chi connectivity index (χ4v) is 4.77. The molecule has 2 amide bonds. The van der Waals surface area contributed by atoms with Crippen LogP contribution in [0, 0.1) is 18.3 Å². The second kappa shape index (κ2) is 9.54. The largest absolute Gasteiger partial charge is 0.321 e. The van der Waals surface area contributed by atoms with Crippen molar-refractivity contribution in [3.63, 3.8) is 0 Å². The molecule has 158 valence electrons. The number of nitriles is 1. The van der Waals surface area contributed by atoms with E-state index in [4.69, 9.17) is 0 Å². The van der Waals surface area contributed by atoms with Crippen LogP contribution < -0.4 is 10.2 Å². The molecule has 0 unspecified atom stereocenters. The van der Waals surface area contributed by atoms with E-state index >= 15 is 0 Å². The van der Waals surface area contributed by atoms with Gasteiger partial charge in [-0.1, -0.05) is 78.0 Å². The number of rotatable bonds is 5. The van der Waals surface area contributed by atoms with E-state index < -0.39 is 11.2 Å². The van der Waals surface area contributed by atoms with Crippen LogP contribution in [0.5, 0.6) is 0 Å². The maximum atomic E-state index is 13.4. The fourth-order valence-electron chi connectivity index (χ4n) is 3.46. The van der Waals surface area contributed by atoms with Crippen molar-refractivity contribution in [3.05, 3.63) is 107 Å². The maximum absolute atomic E-state index is 13.4. The molecule has 0 radical (unpaired) electrons. The van der Waals surface area contributed by atoms with E-state index in [1.165, 1.54) is 16.7 Å². The van der Waals surface area contributed by atoms with Crippen LogP contribution in [0.25, 0.3) is 0 Å². The number of carbonyl (C=O) groups excluding carboxylic acids is 2. The van der Waals surface area contributed by atoms with Crippen LogP contribution >= 0.6 is 11.8 Å². The number of benzene rings is 3. The Labute approximate surface area is 191 Å².